The third-order valence-corrected chi connectivity index (χ3v) is 10.5. The number of para-hydroxylation sites is 2. The van der Waals surface area contributed by atoms with Gasteiger partial charge in [-0.25, -0.2) is 0 Å². The molecule has 5 heteroatoms. The lowest BCUT2D eigenvalue weighted by atomic mass is 9.99. The molecule has 54 heavy (non-hydrogen) atoms. The zero-order valence-electron chi connectivity index (χ0n) is 29.1. The number of hydrogen-bond acceptors (Lipinski definition) is 3. The minimum absolute atomic E-state index is 0.453. The van der Waals surface area contributed by atoms with Crippen molar-refractivity contribution in [1.82, 2.24) is 4.57 Å². The summed E-state index contributed by atoms with van der Waals surface area (Å²) in [6, 6.07) is 63.6. The van der Waals surface area contributed by atoms with Crippen LogP contribution in [0.25, 0.3) is 76.6 Å². The fourth-order valence-electron chi connectivity index (χ4n) is 8.00. The Labute approximate surface area is 311 Å². The molecule has 3 heterocycles. The maximum absolute atomic E-state index is 6.65. The SMILES string of the molecule is c1ccc(C2=NC(c3cc(-n4c5ccccc5c5cc6cc(-c7ccccc7)ccc6cc54)cc4oc5ccccc5c34)=NC(c3ccccc3)[N-]2)cc1. The van der Waals surface area contributed by atoms with Gasteiger partial charge < -0.3 is 19.3 Å². The van der Waals surface area contributed by atoms with Gasteiger partial charge in [0.25, 0.3) is 0 Å². The molecule has 5 nitrogen and oxygen atoms in total. The Balaban J connectivity index is 1.18. The molecule has 11 rings (SSSR count). The molecule has 1 aliphatic rings. The maximum Gasteiger partial charge on any atom is 0.138 e. The Kier molecular flexibility index (Phi) is 6.85. The van der Waals surface area contributed by atoms with Crippen LogP contribution in [0.3, 0.4) is 0 Å². The van der Waals surface area contributed by atoms with Gasteiger partial charge in [-0.15, -0.1) is 0 Å². The van der Waals surface area contributed by atoms with Gasteiger partial charge in [-0.2, -0.15) is 0 Å². The number of rotatable bonds is 5. The summed E-state index contributed by atoms with van der Waals surface area (Å²) < 4.78 is 9.01. The highest BCUT2D eigenvalue weighted by atomic mass is 16.3. The summed E-state index contributed by atoms with van der Waals surface area (Å²) in [6.07, 6.45) is -0.453. The van der Waals surface area contributed by atoms with E-state index in [9.17, 15) is 0 Å². The Hall–Kier alpha value is -7.24. The molecule has 8 aromatic carbocycles. The summed E-state index contributed by atoms with van der Waals surface area (Å²) >= 11 is 0. The highest BCUT2D eigenvalue weighted by molar-refractivity contribution is 6.25. The minimum Gasteiger partial charge on any atom is -0.456 e. The molecular formula is C49H31N4O-. The van der Waals surface area contributed by atoms with Gasteiger partial charge in [0.15, 0.2) is 0 Å². The predicted molar refractivity (Wildman–Crippen MR) is 223 cm³/mol. The van der Waals surface area contributed by atoms with E-state index in [1.165, 1.54) is 32.7 Å². The lowest BCUT2D eigenvalue weighted by molar-refractivity contribution is 0.668. The van der Waals surface area contributed by atoms with Crippen molar-refractivity contribution in [3.8, 4) is 16.8 Å². The number of fused-ring (bicyclic) bond motifs is 7. The fourth-order valence-corrected chi connectivity index (χ4v) is 8.00. The van der Waals surface area contributed by atoms with E-state index in [4.69, 9.17) is 19.7 Å². The third-order valence-electron chi connectivity index (χ3n) is 10.5. The van der Waals surface area contributed by atoms with E-state index in [1.54, 1.807) is 0 Å². The van der Waals surface area contributed by atoms with Crippen molar-refractivity contribution in [2.24, 2.45) is 9.98 Å². The number of furan rings is 1. The zero-order valence-corrected chi connectivity index (χ0v) is 29.1. The van der Waals surface area contributed by atoms with Crippen LogP contribution in [-0.2, 0) is 0 Å². The van der Waals surface area contributed by atoms with Crippen LogP contribution in [0.15, 0.2) is 196 Å². The maximum atomic E-state index is 6.65. The molecule has 1 unspecified atom stereocenters. The molecule has 0 saturated heterocycles. The minimum atomic E-state index is -0.453. The van der Waals surface area contributed by atoms with Crippen LogP contribution in [0.1, 0.15) is 22.9 Å². The second-order valence-electron chi connectivity index (χ2n) is 13.8. The number of aliphatic imine (C=N–C) groups is 2. The largest absolute Gasteiger partial charge is 0.456 e. The second-order valence-corrected chi connectivity index (χ2v) is 13.8. The molecule has 0 aliphatic carbocycles. The normalized spacial score (nSPS) is 14.5. The molecule has 1 aliphatic heterocycles. The Morgan fingerprint density at radius 2 is 1.20 bits per heavy atom. The van der Waals surface area contributed by atoms with Crippen LogP contribution < -0.4 is 0 Å². The molecule has 0 bridgehead atoms. The van der Waals surface area contributed by atoms with E-state index >= 15 is 0 Å². The van der Waals surface area contributed by atoms with Crippen LogP contribution in [0, 0.1) is 0 Å². The van der Waals surface area contributed by atoms with Crippen molar-refractivity contribution in [1.29, 1.82) is 0 Å². The second kappa shape index (κ2) is 12.2. The smallest absolute Gasteiger partial charge is 0.138 e. The van der Waals surface area contributed by atoms with Gasteiger partial charge >= 0.3 is 0 Å². The third kappa shape index (κ3) is 4.94. The number of aromatic nitrogens is 1. The summed E-state index contributed by atoms with van der Waals surface area (Å²) in [5.74, 6) is 1.27. The van der Waals surface area contributed by atoms with Crippen molar-refractivity contribution < 1.29 is 4.42 Å². The topological polar surface area (TPSA) is 56.9 Å². The highest BCUT2D eigenvalue weighted by Gasteiger charge is 2.21. The van der Waals surface area contributed by atoms with Gasteiger partial charge in [0, 0.05) is 33.2 Å². The molecule has 0 saturated carbocycles. The summed E-state index contributed by atoms with van der Waals surface area (Å²) in [6.45, 7) is 0. The average molecular weight is 692 g/mol. The molecule has 0 amide bonds. The Bertz CT molecular complexity index is 3120. The van der Waals surface area contributed by atoms with Gasteiger partial charge in [0.1, 0.15) is 11.2 Å². The van der Waals surface area contributed by atoms with E-state index in [0.29, 0.717) is 11.7 Å². The average Bonchev–Trinajstić information content (AvgIpc) is 3.78. The van der Waals surface area contributed by atoms with E-state index in [1.807, 2.05) is 48.5 Å². The summed E-state index contributed by atoms with van der Waals surface area (Å²) in [5.41, 5.74) is 10.1. The molecule has 0 spiro atoms. The van der Waals surface area contributed by atoms with Gasteiger partial charge in [0.05, 0.1) is 28.7 Å². The Morgan fingerprint density at radius 3 is 2.02 bits per heavy atom. The molecule has 2 aromatic heterocycles. The van der Waals surface area contributed by atoms with Crippen molar-refractivity contribution in [2.45, 2.75) is 6.17 Å². The van der Waals surface area contributed by atoms with Gasteiger partial charge in [-0.05, 0) is 69.4 Å². The number of benzene rings is 8. The molecule has 0 radical (unpaired) electrons. The molecule has 0 fully saturated rings. The van der Waals surface area contributed by atoms with Crippen molar-refractivity contribution in [3.05, 3.63) is 204 Å². The van der Waals surface area contributed by atoms with Gasteiger partial charge in [-0.1, -0.05) is 145 Å². The molecule has 10 aromatic rings. The first-order chi connectivity index (χ1) is 26.7. The van der Waals surface area contributed by atoms with Crippen LogP contribution in [0.4, 0.5) is 0 Å². The van der Waals surface area contributed by atoms with Gasteiger partial charge in [-0.3, -0.25) is 4.99 Å². The molecule has 1 atom stereocenters. The first-order valence-electron chi connectivity index (χ1n) is 18.2. The first kappa shape index (κ1) is 30.4. The van der Waals surface area contributed by atoms with Crippen molar-refractivity contribution in [3.63, 3.8) is 0 Å². The number of hydrogen-bond donors (Lipinski definition) is 0. The molecular weight excluding hydrogens is 661 g/mol. The molecule has 254 valence electrons. The molecule has 0 N–H and O–H groups in total. The van der Waals surface area contributed by atoms with Crippen molar-refractivity contribution in [2.75, 3.05) is 0 Å². The van der Waals surface area contributed by atoms with E-state index in [2.05, 4.69) is 138 Å². The summed E-state index contributed by atoms with van der Waals surface area (Å²) in [4.78, 5) is 10.5. The van der Waals surface area contributed by atoms with Gasteiger partial charge in [0.2, 0.25) is 0 Å². The van der Waals surface area contributed by atoms with Crippen LogP contribution in [0.2, 0.25) is 0 Å². The van der Waals surface area contributed by atoms with Crippen LogP contribution in [-0.4, -0.2) is 16.2 Å². The Morgan fingerprint density at radius 1 is 0.500 bits per heavy atom. The van der Waals surface area contributed by atoms with Crippen molar-refractivity contribution >= 4 is 66.2 Å². The highest BCUT2D eigenvalue weighted by Crippen LogP contribution is 2.41. The lowest BCUT2D eigenvalue weighted by Gasteiger charge is -2.32. The zero-order chi connectivity index (χ0) is 35.6. The predicted octanol–water partition coefficient (Wildman–Crippen LogP) is 12.8. The summed E-state index contributed by atoms with van der Waals surface area (Å²) in [5, 5.41) is 11.8. The first-order valence-corrected chi connectivity index (χ1v) is 18.2. The van der Waals surface area contributed by atoms with Crippen LogP contribution >= 0.6 is 0 Å². The number of amidine groups is 2. The van der Waals surface area contributed by atoms with Crippen LogP contribution in [0.5, 0.6) is 0 Å². The number of nitrogens with zero attached hydrogens (tertiary/aromatic N) is 4. The standard InChI is InChI=1S/C49H31N4O/c1-4-14-31(15-5-1)34-24-25-35-28-43-40(27-36(35)26-34)38-20-10-12-22-42(38)53(43)37-29-41(46-39-21-11-13-23-44(39)54-45(46)30-37)49-51-47(32-16-6-2-7-17-32)50-48(52-49)33-18-8-3-9-19-33/h1-30,47H/q-1. The van der Waals surface area contributed by atoms with E-state index in [-0.39, 0.29) is 0 Å². The quantitative estimate of drug-likeness (QED) is 0.177. The van der Waals surface area contributed by atoms with E-state index < -0.39 is 6.17 Å². The fraction of sp³-hybridized carbons (Fsp3) is 0.0204. The monoisotopic (exact) mass is 691 g/mol. The van der Waals surface area contributed by atoms with E-state index in [0.717, 1.165) is 55.3 Å². The summed E-state index contributed by atoms with van der Waals surface area (Å²) in [7, 11) is 0. The lowest BCUT2D eigenvalue weighted by Crippen LogP contribution is -2.16.